The number of amides is 1. The number of hydrogen-bond acceptors (Lipinski definition) is 3. The van der Waals surface area contributed by atoms with Crippen molar-refractivity contribution in [3.05, 3.63) is 21.4 Å². The zero-order chi connectivity index (χ0) is 14.7. The van der Waals surface area contributed by atoms with Gasteiger partial charge in [0.25, 0.3) is 5.91 Å². The second kappa shape index (κ2) is 6.72. The van der Waals surface area contributed by atoms with Gasteiger partial charge in [0.1, 0.15) is 0 Å². The van der Waals surface area contributed by atoms with Gasteiger partial charge in [0.2, 0.25) is 0 Å². The summed E-state index contributed by atoms with van der Waals surface area (Å²) in [6, 6.07) is 2.46. The topological polar surface area (TPSA) is 23.6 Å². The van der Waals surface area contributed by atoms with Crippen molar-refractivity contribution < 1.29 is 4.79 Å². The monoisotopic (exact) mass is 294 g/mol. The molecule has 0 spiro atoms. The molecular formula is C16H26N2OS. The molecule has 4 heteroatoms. The third-order valence-electron chi connectivity index (χ3n) is 4.42. The van der Waals surface area contributed by atoms with Crippen molar-refractivity contribution in [3.8, 4) is 0 Å². The molecule has 0 unspecified atom stereocenters. The molecule has 0 atom stereocenters. The first kappa shape index (κ1) is 15.5. The van der Waals surface area contributed by atoms with E-state index in [2.05, 4.69) is 31.7 Å². The van der Waals surface area contributed by atoms with E-state index in [1.54, 1.807) is 11.3 Å². The first-order chi connectivity index (χ1) is 9.56. The number of aryl methyl sites for hydroxylation is 2. The van der Waals surface area contributed by atoms with Crippen LogP contribution in [0.5, 0.6) is 0 Å². The average Bonchev–Trinajstić information content (AvgIpc) is 2.87. The van der Waals surface area contributed by atoms with E-state index in [4.69, 9.17) is 0 Å². The highest BCUT2D eigenvalue weighted by atomic mass is 32.1. The Hall–Kier alpha value is -0.870. The van der Waals surface area contributed by atoms with E-state index in [-0.39, 0.29) is 5.91 Å². The number of thiophene rings is 1. The van der Waals surface area contributed by atoms with Crippen LogP contribution in [0.1, 0.15) is 46.8 Å². The molecule has 1 saturated heterocycles. The van der Waals surface area contributed by atoms with Crippen LogP contribution in [0, 0.1) is 6.92 Å². The van der Waals surface area contributed by atoms with Crippen LogP contribution in [0.3, 0.4) is 0 Å². The number of rotatable bonds is 4. The van der Waals surface area contributed by atoms with Gasteiger partial charge in [-0.05, 0) is 44.4 Å². The van der Waals surface area contributed by atoms with Gasteiger partial charge in [0.15, 0.2) is 0 Å². The van der Waals surface area contributed by atoms with Gasteiger partial charge in [0.05, 0.1) is 4.88 Å². The van der Waals surface area contributed by atoms with E-state index in [0.717, 1.165) is 43.8 Å². The summed E-state index contributed by atoms with van der Waals surface area (Å²) >= 11 is 1.66. The fourth-order valence-electron chi connectivity index (χ4n) is 2.94. The molecule has 0 aromatic carbocycles. The molecule has 1 fully saturated rings. The van der Waals surface area contributed by atoms with Crippen molar-refractivity contribution >= 4 is 17.2 Å². The average molecular weight is 294 g/mol. The smallest absolute Gasteiger partial charge is 0.263 e. The molecule has 1 aromatic heterocycles. The minimum absolute atomic E-state index is 0.202. The first-order valence-electron chi connectivity index (χ1n) is 7.65. The summed E-state index contributed by atoms with van der Waals surface area (Å²) in [5, 5.41) is 0. The van der Waals surface area contributed by atoms with Crippen molar-refractivity contribution in [1.29, 1.82) is 0 Å². The molecular weight excluding hydrogens is 268 g/mol. The quantitative estimate of drug-likeness (QED) is 0.851. The fraction of sp³-hybridized carbons (Fsp3) is 0.688. The van der Waals surface area contributed by atoms with E-state index in [1.165, 1.54) is 10.4 Å². The van der Waals surface area contributed by atoms with Crippen LogP contribution in [0.4, 0.5) is 0 Å². The van der Waals surface area contributed by atoms with E-state index in [0.29, 0.717) is 6.04 Å². The number of piperidine rings is 1. The Morgan fingerprint density at radius 1 is 1.40 bits per heavy atom. The second-order valence-electron chi connectivity index (χ2n) is 5.65. The van der Waals surface area contributed by atoms with Gasteiger partial charge < -0.3 is 9.80 Å². The zero-order valence-electron chi connectivity index (χ0n) is 13.1. The molecule has 0 saturated carbocycles. The molecule has 2 rings (SSSR count). The molecule has 3 nitrogen and oxygen atoms in total. The third-order valence-corrected chi connectivity index (χ3v) is 5.79. The summed E-state index contributed by atoms with van der Waals surface area (Å²) in [7, 11) is 1.97. The SMILES string of the molecule is CCc1sc(C(=O)N(C)C2CCN(CC)CC2)cc1C. The summed E-state index contributed by atoms with van der Waals surface area (Å²) in [5.74, 6) is 0.202. The Morgan fingerprint density at radius 2 is 2.05 bits per heavy atom. The largest absolute Gasteiger partial charge is 0.338 e. The Labute approximate surface area is 126 Å². The molecule has 112 valence electrons. The number of likely N-dealkylation sites (tertiary alicyclic amines) is 1. The minimum Gasteiger partial charge on any atom is -0.338 e. The molecule has 0 aliphatic carbocycles. The number of carbonyl (C=O) groups is 1. The van der Waals surface area contributed by atoms with Crippen LogP contribution in [-0.2, 0) is 6.42 Å². The van der Waals surface area contributed by atoms with Crippen LogP contribution in [0.2, 0.25) is 0 Å². The molecule has 2 heterocycles. The number of hydrogen-bond donors (Lipinski definition) is 0. The standard InChI is InChI=1S/C16H26N2OS/c1-5-14-12(3)11-15(20-14)16(19)17(4)13-7-9-18(6-2)10-8-13/h11,13H,5-10H2,1-4H3. The van der Waals surface area contributed by atoms with Crippen LogP contribution in [0.15, 0.2) is 6.07 Å². The Bertz CT molecular complexity index is 461. The van der Waals surface area contributed by atoms with Gasteiger partial charge in [-0.15, -0.1) is 11.3 Å². The highest BCUT2D eigenvalue weighted by Gasteiger charge is 2.26. The second-order valence-corrected chi connectivity index (χ2v) is 6.79. The molecule has 1 aliphatic heterocycles. The molecule has 0 N–H and O–H groups in total. The van der Waals surface area contributed by atoms with Crippen molar-refractivity contribution in [2.45, 2.75) is 46.1 Å². The van der Waals surface area contributed by atoms with E-state index in [9.17, 15) is 4.79 Å². The van der Waals surface area contributed by atoms with E-state index in [1.807, 2.05) is 11.9 Å². The van der Waals surface area contributed by atoms with E-state index < -0.39 is 0 Å². The molecule has 1 amide bonds. The van der Waals surface area contributed by atoms with Gasteiger partial charge >= 0.3 is 0 Å². The summed E-state index contributed by atoms with van der Waals surface area (Å²) in [6.07, 6.45) is 3.21. The number of nitrogens with zero attached hydrogens (tertiary/aromatic N) is 2. The van der Waals surface area contributed by atoms with Gasteiger partial charge in [-0.1, -0.05) is 13.8 Å². The van der Waals surface area contributed by atoms with Gasteiger partial charge in [-0.3, -0.25) is 4.79 Å². The predicted octanol–water partition coefficient (Wildman–Crippen LogP) is 3.18. The molecule has 0 bridgehead atoms. The Kier molecular flexibility index (Phi) is 5.22. The lowest BCUT2D eigenvalue weighted by atomic mass is 10.0. The van der Waals surface area contributed by atoms with Crippen LogP contribution in [-0.4, -0.2) is 48.4 Å². The Morgan fingerprint density at radius 3 is 2.55 bits per heavy atom. The summed E-state index contributed by atoms with van der Waals surface area (Å²) in [5.41, 5.74) is 1.26. The predicted molar refractivity (Wildman–Crippen MR) is 85.7 cm³/mol. The van der Waals surface area contributed by atoms with Crippen molar-refractivity contribution in [3.63, 3.8) is 0 Å². The molecule has 1 aliphatic rings. The lowest BCUT2D eigenvalue weighted by Crippen LogP contribution is -2.45. The van der Waals surface area contributed by atoms with E-state index >= 15 is 0 Å². The normalized spacial score (nSPS) is 17.4. The van der Waals surface area contributed by atoms with Crippen LogP contribution < -0.4 is 0 Å². The highest BCUT2D eigenvalue weighted by Crippen LogP contribution is 2.25. The lowest BCUT2D eigenvalue weighted by Gasteiger charge is -2.36. The maximum atomic E-state index is 12.6. The maximum Gasteiger partial charge on any atom is 0.263 e. The number of carbonyl (C=O) groups excluding carboxylic acids is 1. The van der Waals surface area contributed by atoms with Crippen molar-refractivity contribution in [1.82, 2.24) is 9.80 Å². The lowest BCUT2D eigenvalue weighted by molar-refractivity contribution is 0.0651. The summed E-state index contributed by atoms with van der Waals surface area (Å²) in [4.78, 5) is 19.3. The zero-order valence-corrected chi connectivity index (χ0v) is 13.9. The summed E-state index contributed by atoms with van der Waals surface area (Å²) < 4.78 is 0. The first-order valence-corrected chi connectivity index (χ1v) is 8.47. The van der Waals surface area contributed by atoms with Crippen molar-refractivity contribution in [2.24, 2.45) is 0 Å². The Balaban J connectivity index is 2.01. The maximum absolute atomic E-state index is 12.6. The molecule has 1 aromatic rings. The van der Waals surface area contributed by atoms with Crippen LogP contribution >= 0.6 is 11.3 Å². The molecule has 20 heavy (non-hydrogen) atoms. The van der Waals surface area contributed by atoms with Crippen LogP contribution in [0.25, 0.3) is 0 Å². The summed E-state index contributed by atoms with van der Waals surface area (Å²) in [6.45, 7) is 9.80. The van der Waals surface area contributed by atoms with Gasteiger partial charge in [-0.2, -0.15) is 0 Å². The van der Waals surface area contributed by atoms with Gasteiger partial charge in [-0.25, -0.2) is 0 Å². The minimum atomic E-state index is 0.202. The van der Waals surface area contributed by atoms with Gasteiger partial charge in [0, 0.05) is 31.1 Å². The highest BCUT2D eigenvalue weighted by molar-refractivity contribution is 7.14. The van der Waals surface area contributed by atoms with Crippen molar-refractivity contribution in [2.75, 3.05) is 26.7 Å². The fourth-order valence-corrected chi connectivity index (χ4v) is 4.04. The molecule has 0 radical (unpaired) electrons. The third kappa shape index (κ3) is 3.23.